The van der Waals surface area contributed by atoms with Gasteiger partial charge >= 0.3 is 0 Å². The molecular formula is C19H20N4O2. The molecule has 1 aromatic carbocycles. The molecular weight excluding hydrogens is 316 g/mol. The number of anilines is 1. The first-order chi connectivity index (χ1) is 12.3. The van der Waals surface area contributed by atoms with E-state index in [1.165, 1.54) is 6.42 Å². The van der Waals surface area contributed by atoms with Crippen molar-refractivity contribution in [2.24, 2.45) is 0 Å². The van der Waals surface area contributed by atoms with Gasteiger partial charge in [-0.3, -0.25) is 9.48 Å². The Morgan fingerprint density at radius 3 is 3.04 bits per heavy atom. The lowest BCUT2D eigenvalue weighted by molar-refractivity contribution is 0.00401. The lowest BCUT2D eigenvalue weighted by Crippen LogP contribution is -2.24. The summed E-state index contributed by atoms with van der Waals surface area (Å²) in [6, 6.07) is 11.4. The summed E-state index contributed by atoms with van der Waals surface area (Å²) >= 11 is 0. The molecule has 1 fully saturated rings. The Bertz CT molecular complexity index is 884. The molecule has 1 aliphatic rings. The lowest BCUT2D eigenvalue weighted by Gasteiger charge is -2.22. The van der Waals surface area contributed by atoms with E-state index in [9.17, 15) is 4.79 Å². The Balaban J connectivity index is 1.43. The summed E-state index contributed by atoms with van der Waals surface area (Å²) in [6.45, 7) is 1.53. The van der Waals surface area contributed by atoms with Crippen molar-refractivity contribution >= 4 is 22.5 Å². The topological polar surface area (TPSA) is 69.0 Å². The highest BCUT2D eigenvalue weighted by atomic mass is 16.5. The summed E-state index contributed by atoms with van der Waals surface area (Å²) in [5.41, 5.74) is 1.86. The molecule has 0 radical (unpaired) electrons. The molecule has 6 heteroatoms. The van der Waals surface area contributed by atoms with Crippen LogP contribution < -0.4 is 5.32 Å². The Morgan fingerprint density at radius 1 is 1.24 bits per heavy atom. The number of ether oxygens (including phenoxy) is 1. The zero-order chi connectivity index (χ0) is 17.1. The molecule has 0 spiro atoms. The molecule has 6 nitrogen and oxygen atoms in total. The van der Waals surface area contributed by atoms with Gasteiger partial charge < -0.3 is 10.1 Å². The quantitative estimate of drug-likeness (QED) is 0.794. The number of carbonyl (C=O) groups excluding carboxylic acids is 1. The fraction of sp³-hybridized carbons (Fsp3) is 0.316. The summed E-state index contributed by atoms with van der Waals surface area (Å²) in [5, 5.41) is 8.18. The number of benzene rings is 1. The first-order valence-electron chi connectivity index (χ1n) is 8.59. The maximum atomic E-state index is 12.4. The number of nitrogens with one attached hydrogen (secondary N) is 1. The average molecular weight is 336 g/mol. The van der Waals surface area contributed by atoms with Crippen LogP contribution in [0.25, 0.3) is 10.9 Å². The molecule has 0 saturated carbocycles. The van der Waals surface area contributed by atoms with E-state index in [-0.39, 0.29) is 12.0 Å². The normalized spacial score (nSPS) is 17.5. The minimum absolute atomic E-state index is 0.208. The van der Waals surface area contributed by atoms with Crippen LogP contribution in [0, 0.1) is 0 Å². The highest BCUT2D eigenvalue weighted by molar-refractivity contribution is 6.03. The van der Waals surface area contributed by atoms with Gasteiger partial charge in [0.15, 0.2) is 0 Å². The Hall–Kier alpha value is -2.73. The van der Waals surface area contributed by atoms with Gasteiger partial charge in [-0.05, 0) is 31.4 Å². The zero-order valence-corrected chi connectivity index (χ0v) is 13.9. The van der Waals surface area contributed by atoms with E-state index in [1.54, 1.807) is 12.3 Å². The predicted molar refractivity (Wildman–Crippen MR) is 95.5 cm³/mol. The van der Waals surface area contributed by atoms with Crippen molar-refractivity contribution in [2.75, 3.05) is 11.9 Å². The number of carbonyl (C=O) groups is 1. The van der Waals surface area contributed by atoms with Gasteiger partial charge in [0.2, 0.25) is 0 Å². The van der Waals surface area contributed by atoms with Crippen molar-refractivity contribution in [3.05, 3.63) is 54.5 Å². The third kappa shape index (κ3) is 3.69. The van der Waals surface area contributed by atoms with Crippen LogP contribution in [0.5, 0.6) is 0 Å². The molecule has 1 unspecified atom stereocenters. The van der Waals surface area contributed by atoms with Crippen molar-refractivity contribution < 1.29 is 9.53 Å². The van der Waals surface area contributed by atoms with Crippen LogP contribution in [-0.2, 0) is 11.3 Å². The second kappa shape index (κ2) is 7.03. The molecule has 1 aliphatic heterocycles. The first-order valence-corrected chi connectivity index (χ1v) is 8.59. The Labute approximate surface area is 145 Å². The number of aromatic nitrogens is 3. The summed E-state index contributed by atoms with van der Waals surface area (Å²) < 4.78 is 7.54. The minimum atomic E-state index is -0.237. The lowest BCUT2D eigenvalue weighted by atomic mass is 10.1. The number of pyridine rings is 1. The van der Waals surface area contributed by atoms with Crippen LogP contribution in [0.4, 0.5) is 5.69 Å². The van der Waals surface area contributed by atoms with Crippen molar-refractivity contribution in [1.29, 1.82) is 0 Å². The first kappa shape index (κ1) is 15.8. The van der Waals surface area contributed by atoms with Gasteiger partial charge in [0.05, 0.1) is 30.0 Å². The van der Waals surface area contributed by atoms with Crippen LogP contribution in [0.15, 0.2) is 48.8 Å². The SMILES string of the molecule is O=C(Nc1cnn(CC2CCCCO2)c1)c1ccc2ccccc2n1. The molecule has 4 rings (SSSR count). The third-order valence-electron chi connectivity index (χ3n) is 4.39. The molecule has 1 amide bonds. The number of fused-ring (bicyclic) bond motifs is 1. The van der Waals surface area contributed by atoms with E-state index in [0.717, 1.165) is 30.4 Å². The van der Waals surface area contributed by atoms with E-state index in [0.29, 0.717) is 17.9 Å². The van der Waals surface area contributed by atoms with Crippen molar-refractivity contribution in [3.63, 3.8) is 0 Å². The summed E-state index contributed by atoms with van der Waals surface area (Å²) in [6.07, 6.45) is 7.08. The molecule has 1 N–H and O–H groups in total. The van der Waals surface area contributed by atoms with Crippen molar-refractivity contribution in [2.45, 2.75) is 31.9 Å². The number of para-hydroxylation sites is 1. The van der Waals surface area contributed by atoms with Crippen LogP contribution in [0.2, 0.25) is 0 Å². The summed E-state index contributed by atoms with van der Waals surface area (Å²) in [5.74, 6) is -0.237. The van der Waals surface area contributed by atoms with Crippen LogP contribution in [0.1, 0.15) is 29.8 Å². The molecule has 1 saturated heterocycles. The van der Waals surface area contributed by atoms with E-state index < -0.39 is 0 Å². The van der Waals surface area contributed by atoms with Crippen molar-refractivity contribution in [1.82, 2.24) is 14.8 Å². The molecule has 25 heavy (non-hydrogen) atoms. The molecule has 0 bridgehead atoms. The molecule has 2 aromatic heterocycles. The van der Waals surface area contributed by atoms with E-state index >= 15 is 0 Å². The van der Waals surface area contributed by atoms with Gasteiger partial charge in [0.25, 0.3) is 5.91 Å². The minimum Gasteiger partial charge on any atom is -0.376 e. The molecule has 1 atom stereocenters. The molecule has 3 heterocycles. The number of nitrogens with zero attached hydrogens (tertiary/aromatic N) is 3. The van der Waals surface area contributed by atoms with Gasteiger partial charge in [0, 0.05) is 18.2 Å². The smallest absolute Gasteiger partial charge is 0.274 e. The average Bonchev–Trinajstić information content (AvgIpc) is 3.09. The fourth-order valence-corrected chi connectivity index (χ4v) is 3.08. The monoisotopic (exact) mass is 336 g/mol. The maximum Gasteiger partial charge on any atom is 0.274 e. The van der Waals surface area contributed by atoms with Gasteiger partial charge in [-0.2, -0.15) is 5.10 Å². The zero-order valence-electron chi connectivity index (χ0n) is 13.9. The Kier molecular flexibility index (Phi) is 4.43. The number of hydrogen-bond acceptors (Lipinski definition) is 4. The molecule has 3 aromatic rings. The van der Waals surface area contributed by atoms with Crippen LogP contribution >= 0.6 is 0 Å². The second-order valence-corrected chi connectivity index (χ2v) is 6.28. The molecule has 128 valence electrons. The fourth-order valence-electron chi connectivity index (χ4n) is 3.08. The van der Waals surface area contributed by atoms with Gasteiger partial charge in [-0.1, -0.05) is 24.3 Å². The Morgan fingerprint density at radius 2 is 2.16 bits per heavy atom. The third-order valence-corrected chi connectivity index (χ3v) is 4.39. The highest BCUT2D eigenvalue weighted by Gasteiger charge is 2.15. The maximum absolute atomic E-state index is 12.4. The van der Waals surface area contributed by atoms with Gasteiger partial charge in [-0.25, -0.2) is 4.98 Å². The van der Waals surface area contributed by atoms with E-state index in [2.05, 4.69) is 15.4 Å². The largest absolute Gasteiger partial charge is 0.376 e. The van der Waals surface area contributed by atoms with Gasteiger partial charge in [-0.15, -0.1) is 0 Å². The summed E-state index contributed by atoms with van der Waals surface area (Å²) in [4.78, 5) is 16.8. The van der Waals surface area contributed by atoms with E-state index in [4.69, 9.17) is 4.74 Å². The number of hydrogen-bond donors (Lipinski definition) is 1. The number of rotatable bonds is 4. The van der Waals surface area contributed by atoms with Gasteiger partial charge in [0.1, 0.15) is 5.69 Å². The summed E-state index contributed by atoms with van der Waals surface area (Å²) in [7, 11) is 0. The molecule has 0 aliphatic carbocycles. The number of amides is 1. The predicted octanol–water partition coefficient (Wildman–Crippen LogP) is 3.25. The van der Waals surface area contributed by atoms with Crippen LogP contribution in [-0.4, -0.2) is 33.4 Å². The van der Waals surface area contributed by atoms with E-state index in [1.807, 2.05) is 41.2 Å². The van der Waals surface area contributed by atoms with Crippen LogP contribution in [0.3, 0.4) is 0 Å². The second-order valence-electron chi connectivity index (χ2n) is 6.28. The van der Waals surface area contributed by atoms with Crippen molar-refractivity contribution in [3.8, 4) is 0 Å². The standard InChI is InChI=1S/C19H20N4O2/c24-19(18-9-8-14-5-1-2-7-17(14)22-18)21-15-11-20-23(12-15)13-16-6-3-4-10-25-16/h1-2,5,7-9,11-12,16H,3-4,6,10,13H2,(H,21,24). The highest BCUT2D eigenvalue weighted by Crippen LogP contribution is 2.16.